The molecule has 0 saturated heterocycles. The van der Waals surface area contributed by atoms with E-state index in [9.17, 15) is 7.35 Å². The van der Waals surface area contributed by atoms with Crippen LogP contribution in [0.25, 0.3) is 0 Å². The fraction of sp³-hybridized carbons (Fsp3) is 1.00. The molecule has 0 aliphatic heterocycles. The monoisotopic (exact) mass is 302 g/mol. The molecule has 18 heavy (non-hydrogen) atoms. The third kappa shape index (κ3) is 8.22. The second-order valence-corrected chi connectivity index (χ2v) is 7.84. The Labute approximate surface area is 111 Å². The van der Waals surface area contributed by atoms with Crippen molar-refractivity contribution in [2.24, 2.45) is 0 Å². The topological polar surface area (TPSA) is 61.8 Å². The molecule has 0 spiro atoms. The van der Waals surface area contributed by atoms with Gasteiger partial charge in [0.2, 0.25) is 0 Å². The number of rotatable bonds is 12. The molecule has 0 aliphatic rings. The molecule has 0 N–H and O–H groups in total. The molecule has 5 nitrogen and oxygen atoms in total. The van der Waals surface area contributed by atoms with Gasteiger partial charge < -0.3 is 0 Å². The molecule has 0 fully saturated rings. The van der Waals surface area contributed by atoms with Crippen LogP contribution in [0.2, 0.25) is 0 Å². The zero-order valence-corrected chi connectivity index (χ0v) is 13.2. The zero-order valence-electron chi connectivity index (χ0n) is 11.9. The van der Waals surface area contributed by atoms with Crippen LogP contribution < -0.4 is 0 Å². The van der Waals surface area contributed by atoms with Gasteiger partial charge in [-0.1, -0.05) is 0 Å². The SMILES string of the molecule is CCCC[O][V](=[O])(=[O])([O]CCCC)[O]CCCC. The van der Waals surface area contributed by atoms with Crippen LogP contribution in [0.3, 0.4) is 0 Å². The number of hydrogen-bond donors (Lipinski definition) is 0. The van der Waals surface area contributed by atoms with Crippen molar-refractivity contribution in [2.45, 2.75) is 59.3 Å². The summed E-state index contributed by atoms with van der Waals surface area (Å²) in [7, 11) is 0. The maximum absolute atomic E-state index is 12.3. The molecule has 0 radical (unpaired) electrons. The summed E-state index contributed by atoms with van der Waals surface area (Å²) in [6.45, 7) is 6.30. The second kappa shape index (κ2) is 9.05. The first-order chi connectivity index (χ1) is 8.46. The quantitative estimate of drug-likeness (QED) is 0.516. The number of unbranched alkanes of at least 4 members (excludes halogenated alkanes) is 3. The van der Waals surface area contributed by atoms with E-state index in [4.69, 9.17) is 11.0 Å². The predicted molar refractivity (Wildman–Crippen MR) is 64.0 cm³/mol. The molecule has 0 aromatic carbocycles. The molecular formula is C12H27O5V. The van der Waals surface area contributed by atoms with Crippen LogP contribution in [0.15, 0.2) is 0 Å². The van der Waals surface area contributed by atoms with E-state index in [2.05, 4.69) is 0 Å². The summed E-state index contributed by atoms with van der Waals surface area (Å²) in [5, 5.41) is 0. The van der Waals surface area contributed by atoms with Gasteiger partial charge in [-0.05, 0) is 0 Å². The molecule has 0 amide bonds. The Morgan fingerprint density at radius 2 is 0.944 bits per heavy atom. The fourth-order valence-corrected chi connectivity index (χ4v) is 3.54. The Morgan fingerprint density at radius 3 is 1.17 bits per heavy atom. The van der Waals surface area contributed by atoms with E-state index >= 15 is 0 Å². The van der Waals surface area contributed by atoms with E-state index in [0.717, 1.165) is 19.3 Å². The van der Waals surface area contributed by atoms with Crippen LogP contribution in [-0.4, -0.2) is 19.8 Å². The van der Waals surface area contributed by atoms with Gasteiger partial charge in [0.15, 0.2) is 0 Å². The minimum atomic E-state index is -5.91. The maximum atomic E-state index is 12.3. The van der Waals surface area contributed by atoms with Gasteiger partial charge in [0, 0.05) is 0 Å². The van der Waals surface area contributed by atoms with Gasteiger partial charge >= 0.3 is 111 Å². The molecule has 0 aromatic heterocycles. The minimum absolute atomic E-state index is 0.132. The molecule has 110 valence electrons. The average molecular weight is 302 g/mol. The van der Waals surface area contributed by atoms with E-state index in [1.54, 1.807) is 0 Å². The van der Waals surface area contributed by atoms with Crippen LogP contribution in [0, 0.1) is 0 Å². The molecule has 0 bridgehead atoms. The van der Waals surface area contributed by atoms with Crippen molar-refractivity contribution in [3.8, 4) is 0 Å². The summed E-state index contributed by atoms with van der Waals surface area (Å²) in [5.41, 5.74) is 0. The van der Waals surface area contributed by atoms with E-state index in [1.807, 2.05) is 20.8 Å². The van der Waals surface area contributed by atoms with E-state index in [0.29, 0.717) is 19.3 Å². The fourth-order valence-electron chi connectivity index (χ4n) is 1.19. The third-order valence-electron chi connectivity index (χ3n) is 2.40. The van der Waals surface area contributed by atoms with Crippen molar-refractivity contribution in [3.05, 3.63) is 0 Å². The van der Waals surface area contributed by atoms with Crippen molar-refractivity contribution in [2.75, 3.05) is 19.8 Å². The second-order valence-electron chi connectivity index (χ2n) is 4.31. The summed E-state index contributed by atoms with van der Waals surface area (Å²) < 4.78 is 39.4. The summed E-state index contributed by atoms with van der Waals surface area (Å²) in [5.74, 6) is 0. The Hall–Kier alpha value is 0.0644. The van der Waals surface area contributed by atoms with Crippen molar-refractivity contribution in [3.63, 3.8) is 0 Å². The summed E-state index contributed by atoms with van der Waals surface area (Å²) >= 11 is -5.91. The van der Waals surface area contributed by atoms with Gasteiger partial charge in [0.1, 0.15) is 0 Å². The number of hydrogen-bond acceptors (Lipinski definition) is 5. The van der Waals surface area contributed by atoms with E-state index in [1.165, 1.54) is 0 Å². The van der Waals surface area contributed by atoms with Gasteiger partial charge in [-0.15, -0.1) is 0 Å². The van der Waals surface area contributed by atoms with Crippen LogP contribution in [0.4, 0.5) is 0 Å². The van der Waals surface area contributed by atoms with Crippen molar-refractivity contribution in [1.82, 2.24) is 0 Å². The van der Waals surface area contributed by atoms with Crippen molar-refractivity contribution < 1.29 is 32.2 Å². The molecule has 0 heterocycles. The zero-order chi connectivity index (χ0) is 13.9. The van der Waals surface area contributed by atoms with E-state index in [-0.39, 0.29) is 19.8 Å². The van der Waals surface area contributed by atoms with Crippen molar-refractivity contribution in [1.29, 1.82) is 0 Å². The Bertz CT molecular complexity index is 277. The van der Waals surface area contributed by atoms with Gasteiger partial charge in [-0.3, -0.25) is 0 Å². The average Bonchev–Trinajstić information content (AvgIpc) is 2.30. The Balaban J connectivity index is 4.44. The van der Waals surface area contributed by atoms with E-state index < -0.39 is 13.8 Å². The third-order valence-corrected chi connectivity index (χ3v) is 5.23. The Morgan fingerprint density at radius 1 is 0.667 bits per heavy atom. The van der Waals surface area contributed by atoms with Crippen molar-refractivity contribution >= 4 is 0 Å². The first-order valence-electron chi connectivity index (χ1n) is 6.90. The van der Waals surface area contributed by atoms with Gasteiger partial charge in [0.05, 0.1) is 0 Å². The van der Waals surface area contributed by atoms with Gasteiger partial charge in [-0.2, -0.15) is 0 Å². The molecule has 0 unspecified atom stereocenters. The van der Waals surface area contributed by atoms with Gasteiger partial charge in [-0.25, -0.2) is 0 Å². The van der Waals surface area contributed by atoms with Crippen LogP contribution in [-0.2, 0) is 32.2 Å². The predicted octanol–water partition coefficient (Wildman–Crippen LogP) is 3.56. The summed E-state index contributed by atoms with van der Waals surface area (Å²) in [6.07, 6.45) is 4.62. The molecule has 0 saturated carbocycles. The van der Waals surface area contributed by atoms with Crippen LogP contribution in [0.5, 0.6) is 0 Å². The molecular weight excluding hydrogens is 275 g/mol. The molecule has 0 rings (SSSR count). The summed E-state index contributed by atoms with van der Waals surface area (Å²) in [6, 6.07) is 0. The molecule has 0 atom stereocenters. The summed E-state index contributed by atoms with van der Waals surface area (Å²) in [4.78, 5) is 0. The molecule has 0 aromatic rings. The van der Waals surface area contributed by atoms with Crippen LogP contribution in [0.1, 0.15) is 59.3 Å². The molecule has 0 aliphatic carbocycles. The standard InChI is InChI=1S/3C4H9O.2O.V/c3*1-2-3-4-5;;;/h3*2-4H2,1H3;;;/q3*-1;;;+3. The molecule has 6 heteroatoms. The van der Waals surface area contributed by atoms with Gasteiger partial charge in [0.25, 0.3) is 0 Å². The van der Waals surface area contributed by atoms with Crippen LogP contribution >= 0.6 is 0 Å². The first kappa shape index (κ1) is 18.1. The Kier molecular flexibility index (Phi) is 9.08. The normalized spacial score (nSPS) is 12.9. The first-order valence-corrected chi connectivity index (χ1v) is 9.75.